The lowest BCUT2D eigenvalue weighted by Crippen LogP contribution is -1.99. The van der Waals surface area contributed by atoms with Gasteiger partial charge in [0.1, 0.15) is 11.6 Å². The normalized spacial score (nSPS) is 10.2. The molecule has 94 valence electrons. The van der Waals surface area contributed by atoms with Crippen LogP contribution >= 0.6 is 27.5 Å². The molecule has 18 heavy (non-hydrogen) atoms. The Balaban J connectivity index is 2.20. The average Bonchev–Trinajstić information content (AvgIpc) is 2.34. The number of benzene rings is 1. The van der Waals surface area contributed by atoms with E-state index < -0.39 is 0 Å². The number of aromatic nitrogens is 1. The molecular weight excluding hydrogens is 316 g/mol. The van der Waals surface area contributed by atoms with Crippen LogP contribution in [0.15, 0.2) is 40.9 Å². The number of nitrogens with zero attached hydrogens (tertiary/aromatic N) is 1. The molecule has 0 bridgehead atoms. The third-order valence-electron chi connectivity index (χ3n) is 2.19. The molecule has 0 aliphatic heterocycles. The molecule has 1 heterocycles. The van der Waals surface area contributed by atoms with Gasteiger partial charge in [-0.2, -0.15) is 4.98 Å². The van der Waals surface area contributed by atoms with Crippen molar-refractivity contribution in [3.05, 3.63) is 45.9 Å². The first kappa shape index (κ1) is 13.2. The molecule has 0 saturated carbocycles. The third-order valence-corrected chi connectivity index (χ3v) is 2.98. The van der Waals surface area contributed by atoms with Crippen molar-refractivity contribution >= 4 is 33.3 Å². The molecule has 3 nitrogen and oxygen atoms in total. The van der Waals surface area contributed by atoms with Crippen molar-refractivity contribution in [3.63, 3.8) is 0 Å². The summed E-state index contributed by atoms with van der Waals surface area (Å²) in [5.41, 5.74) is 0. The third kappa shape index (κ3) is 3.37. The number of nitrogens with one attached hydrogen (secondary N) is 1. The van der Waals surface area contributed by atoms with E-state index in [0.717, 1.165) is 16.8 Å². The SMILES string of the molecule is CCNc1cccc(Oc2ccc(Br)cc2Cl)n1. The molecule has 5 heteroatoms. The van der Waals surface area contributed by atoms with Gasteiger partial charge in [0.2, 0.25) is 5.88 Å². The Morgan fingerprint density at radius 2 is 2.17 bits per heavy atom. The number of rotatable bonds is 4. The number of hydrogen-bond donors (Lipinski definition) is 1. The van der Waals surface area contributed by atoms with Crippen LogP contribution in [0.25, 0.3) is 0 Å². The lowest BCUT2D eigenvalue weighted by molar-refractivity contribution is 0.464. The molecule has 0 spiro atoms. The highest BCUT2D eigenvalue weighted by atomic mass is 79.9. The first-order valence-electron chi connectivity index (χ1n) is 5.53. The quantitative estimate of drug-likeness (QED) is 0.882. The smallest absolute Gasteiger partial charge is 0.221 e. The molecular formula is C13H12BrClN2O. The highest BCUT2D eigenvalue weighted by Gasteiger charge is 2.05. The van der Waals surface area contributed by atoms with E-state index in [1.54, 1.807) is 18.2 Å². The summed E-state index contributed by atoms with van der Waals surface area (Å²) in [6.07, 6.45) is 0. The van der Waals surface area contributed by atoms with Gasteiger partial charge in [-0.25, -0.2) is 0 Å². The number of halogens is 2. The number of pyridine rings is 1. The molecule has 0 amide bonds. The Hall–Kier alpha value is -1.26. The van der Waals surface area contributed by atoms with Crippen molar-refractivity contribution in [2.45, 2.75) is 6.92 Å². The van der Waals surface area contributed by atoms with E-state index in [1.807, 2.05) is 25.1 Å². The van der Waals surface area contributed by atoms with Gasteiger partial charge in [-0.15, -0.1) is 0 Å². The fourth-order valence-corrected chi connectivity index (χ4v) is 2.13. The fourth-order valence-electron chi connectivity index (χ4n) is 1.42. The molecule has 0 fully saturated rings. The van der Waals surface area contributed by atoms with Crippen LogP contribution in [0.1, 0.15) is 6.92 Å². The van der Waals surface area contributed by atoms with Gasteiger partial charge < -0.3 is 10.1 Å². The summed E-state index contributed by atoms with van der Waals surface area (Å²) in [5, 5.41) is 3.67. The van der Waals surface area contributed by atoms with E-state index in [1.165, 1.54) is 0 Å². The molecule has 0 atom stereocenters. The summed E-state index contributed by atoms with van der Waals surface area (Å²) in [4.78, 5) is 4.32. The van der Waals surface area contributed by atoms with Gasteiger partial charge in [0.25, 0.3) is 0 Å². The molecule has 1 aromatic carbocycles. The van der Waals surface area contributed by atoms with E-state index in [2.05, 4.69) is 26.2 Å². The molecule has 0 unspecified atom stereocenters. The Morgan fingerprint density at radius 3 is 2.89 bits per heavy atom. The zero-order valence-electron chi connectivity index (χ0n) is 9.78. The van der Waals surface area contributed by atoms with E-state index in [0.29, 0.717) is 16.7 Å². The van der Waals surface area contributed by atoms with Crippen molar-refractivity contribution in [1.82, 2.24) is 4.98 Å². The van der Waals surface area contributed by atoms with Crippen LogP contribution < -0.4 is 10.1 Å². The highest BCUT2D eigenvalue weighted by molar-refractivity contribution is 9.10. The molecule has 2 rings (SSSR count). The predicted molar refractivity (Wildman–Crippen MR) is 77.6 cm³/mol. The molecule has 0 aliphatic carbocycles. The fraction of sp³-hybridized carbons (Fsp3) is 0.154. The topological polar surface area (TPSA) is 34.1 Å². The Morgan fingerprint density at radius 1 is 1.33 bits per heavy atom. The van der Waals surface area contributed by atoms with E-state index in [4.69, 9.17) is 16.3 Å². The van der Waals surface area contributed by atoms with Gasteiger partial charge >= 0.3 is 0 Å². The lowest BCUT2D eigenvalue weighted by Gasteiger charge is -2.08. The summed E-state index contributed by atoms with van der Waals surface area (Å²) in [6.45, 7) is 2.83. The summed E-state index contributed by atoms with van der Waals surface area (Å²) in [6, 6.07) is 11.0. The van der Waals surface area contributed by atoms with E-state index >= 15 is 0 Å². The van der Waals surface area contributed by atoms with Gasteiger partial charge in [0.15, 0.2) is 0 Å². The van der Waals surface area contributed by atoms with Crippen molar-refractivity contribution in [3.8, 4) is 11.6 Å². The monoisotopic (exact) mass is 326 g/mol. The number of hydrogen-bond acceptors (Lipinski definition) is 3. The Labute approximate surface area is 119 Å². The van der Waals surface area contributed by atoms with Crippen LogP contribution in [0, 0.1) is 0 Å². The summed E-state index contributed by atoms with van der Waals surface area (Å²) < 4.78 is 6.56. The van der Waals surface area contributed by atoms with Gasteiger partial charge in [-0.3, -0.25) is 0 Å². The molecule has 0 aliphatic rings. The standard InChI is InChI=1S/C13H12BrClN2O/c1-2-16-12-4-3-5-13(17-12)18-11-7-6-9(14)8-10(11)15/h3-8H,2H2,1H3,(H,16,17). The minimum atomic E-state index is 0.512. The van der Waals surface area contributed by atoms with Crippen LogP contribution in [0.3, 0.4) is 0 Å². The Kier molecular flexibility index (Phi) is 4.44. The molecule has 1 N–H and O–H groups in total. The summed E-state index contributed by atoms with van der Waals surface area (Å²) in [7, 11) is 0. The van der Waals surface area contributed by atoms with Crippen molar-refractivity contribution in [2.24, 2.45) is 0 Å². The molecule has 0 saturated heterocycles. The highest BCUT2D eigenvalue weighted by Crippen LogP contribution is 2.31. The molecule has 2 aromatic rings. The van der Waals surface area contributed by atoms with Crippen molar-refractivity contribution < 1.29 is 4.74 Å². The maximum absolute atomic E-state index is 6.08. The summed E-state index contributed by atoms with van der Waals surface area (Å²) in [5.74, 6) is 1.88. The van der Waals surface area contributed by atoms with Crippen molar-refractivity contribution in [2.75, 3.05) is 11.9 Å². The lowest BCUT2D eigenvalue weighted by atomic mass is 10.3. The molecule has 0 radical (unpaired) electrons. The first-order valence-corrected chi connectivity index (χ1v) is 6.70. The number of anilines is 1. The van der Waals surface area contributed by atoms with Crippen LogP contribution in [-0.4, -0.2) is 11.5 Å². The van der Waals surface area contributed by atoms with Gasteiger partial charge in [0.05, 0.1) is 5.02 Å². The minimum Gasteiger partial charge on any atom is -0.437 e. The second kappa shape index (κ2) is 6.07. The van der Waals surface area contributed by atoms with Crippen LogP contribution in [0.2, 0.25) is 5.02 Å². The zero-order valence-corrected chi connectivity index (χ0v) is 12.1. The first-order chi connectivity index (χ1) is 8.69. The largest absolute Gasteiger partial charge is 0.437 e. The van der Waals surface area contributed by atoms with E-state index in [9.17, 15) is 0 Å². The second-order valence-corrected chi connectivity index (χ2v) is 4.89. The maximum Gasteiger partial charge on any atom is 0.221 e. The van der Waals surface area contributed by atoms with E-state index in [-0.39, 0.29) is 0 Å². The molecule has 1 aromatic heterocycles. The maximum atomic E-state index is 6.08. The van der Waals surface area contributed by atoms with Crippen molar-refractivity contribution in [1.29, 1.82) is 0 Å². The zero-order chi connectivity index (χ0) is 13.0. The van der Waals surface area contributed by atoms with Gasteiger partial charge in [0, 0.05) is 17.1 Å². The van der Waals surface area contributed by atoms with Crippen LogP contribution in [0.4, 0.5) is 5.82 Å². The van der Waals surface area contributed by atoms with Gasteiger partial charge in [-0.1, -0.05) is 33.6 Å². The predicted octanol–water partition coefficient (Wildman–Crippen LogP) is 4.72. The van der Waals surface area contributed by atoms with Crippen LogP contribution in [-0.2, 0) is 0 Å². The van der Waals surface area contributed by atoms with Crippen LogP contribution in [0.5, 0.6) is 11.6 Å². The minimum absolute atomic E-state index is 0.512. The average molecular weight is 328 g/mol. The second-order valence-electron chi connectivity index (χ2n) is 3.57. The number of ether oxygens (including phenoxy) is 1. The summed E-state index contributed by atoms with van der Waals surface area (Å²) >= 11 is 9.43. The Bertz CT molecular complexity index is 548. The van der Waals surface area contributed by atoms with Gasteiger partial charge in [-0.05, 0) is 31.2 Å².